The topological polar surface area (TPSA) is 34.6 Å². The summed E-state index contributed by atoms with van der Waals surface area (Å²) in [6.45, 7) is 2.28. The Morgan fingerprint density at radius 1 is 0.386 bits per heavy atom. The van der Waals surface area contributed by atoms with Gasteiger partial charge in [-0.1, -0.05) is 189 Å². The number of benzene rings is 11. The van der Waals surface area contributed by atoms with E-state index in [1.807, 2.05) is 0 Å². The van der Waals surface area contributed by atoms with Gasteiger partial charge in [0.1, 0.15) is 0 Å². The molecule has 11 aromatic carbocycles. The van der Waals surface area contributed by atoms with Gasteiger partial charge in [-0.2, -0.15) is 0 Å². The number of amidine groups is 1. The Kier molecular flexibility index (Phi) is 9.28. The van der Waals surface area contributed by atoms with E-state index in [4.69, 9.17) is 9.98 Å². The van der Waals surface area contributed by atoms with Crippen molar-refractivity contribution in [3.63, 3.8) is 0 Å². The summed E-state index contributed by atoms with van der Waals surface area (Å²) in [6.07, 6.45) is 0.885. The second-order valence-corrected chi connectivity index (χ2v) is 18.8. The average molecular weight is 895 g/mol. The largest absolute Gasteiger partial charge is 0.309 e. The van der Waals surface area contributed by atoms with Gasteiger partial charge in [0.15, 0.2) is 5.84 Å². The van der Waals surface area contributed by atoms with Crippen molar-refractivity contribution in [1.29, 1.82) is 0 Å². The van der Waals surface area contributed by atoms with Crippen LogP contribution in [0.15, 0.2) is 247 Å². The van der Waals surface area contributed by atoms with Crippen LogP contribution in [0.3, 0.4) is 0 Å². The molecule has 0 bridgehead atoms. The summed E-state index contributed by atoms with van der Waals surface area (Å²) in [6, 6.07) is 86.6. The van der Waals surface area contributed by atoms with Crippen LogP contribution in [0.1, 0.15) is 36.1 Å². The van der Waals surface area contributed by atoms with Gasteiger partial charge >= 0.3 is 0 Å². The number of hydrogen-bond donors (Lipinski definition) is 0. The van der Waals surface area contributed by atoms with E-state index in [-0.39, 0.29) is 12.0 Å². The molecule has 1 aliphatic heterocycles. The van der Waals surface area contributed by atoms with Crippen molar-refractivity contribution in [2.45, 2.75) is 19.4 Å². The van der Waals surface area contributed by atoms with E-state index in [1.54, 1.807) is 0 Å². The van der Waals surface area contributed by atoms with Crippen LogP contribution in [0, 0.1) is 5.92 Å². The normalized spacial score (nSPS) is 15.2. The quantitative estimate of drug-likeness (QED) is 0.153. The number of hydrogen-bond acceptors (Lipinski definition) is 2. The van der Waals surface area contributed by atoms with Crippen molar-refractivity contribution < 1.29 is 0 Å². The maximum absolute atomic E-state index is 5.56. The first-order valence-electron chi connectivity index (χ1n) is 24.5. The molecule has 13 aromatic rings. The third-order valence-electron chi connectivity index (χ3n) is 14.8. The fourth-order valence-corrected chi connectivity index (χ4v) is 11.6. The fourth-order valence-electron chi connectivity index (χ4n) is 11.6. The van der Waals surface area contributed by atoms with Crippen LogP contribution in [0.25, 0.3) is 98.4 Å². The Hall–Kier alpha value is -8.86. The van der Waals surface area contributed by atoms with Crippen molar-refractivity contribution >= 4 is 87.5 Å². The van der Waals surface area contributed by atoms with Crippen molar-refractivity contribution in [2.24, 2.45) is 15.9 Å². The lowest BCUT2D eigenvalue weighted by molar-refractivity contribution is 0.532. The second kappa shape index (κ2) is 16.1. The van der Waals surface area contributed by atoms with Crippen LogP contribution >= 0.6 is 0 Å². The summed E-state index contributed by atoms with van der Waals surface area (Å²) in [5.74, 6) is 0.827. The lowest BCUT2D eigenvalue weighted by Crippen LogP contribution is -2.28. The molecular weight excluding hydrogens is 849 g/mol. The molecule has 3 heterocycles. The van der Waals surface area contributed by atoms with Crippen molar-refractivity contribution in [3.8, 4) is 22.5 Å². The minimum Gasteiger partial charge on any atom is -0.309 e. The van der Waals surface area contributed by atoms with Crippen molar-refractivity contribution in [2.75, 3.05) is 0 Å². The molecule has 2 atom stereocenters. The highest BCUT2D eigenvalue weighted by atomic mass is 15.0. The summed E-state index contributed by atoms with van der Waals surface area (Å²) in [7, 11) is 0. The van der Waals surface area contributed by atoms with Crippen LogP contribution < -0.4 is 0 Å². The van der Waals surface area contributed by atoms with Gasteiger partial charge in [-0.05, 0) is 110 Å². The Labute approximate surface area is 405 Å². The highest BCUT2D eigenvalue weighted by Gasteiger charge is 2.32. The van der Waals surface area contributed by atoms with Gasteiger partial charge in [-0.25, -0.2) is 4.99 Å². The number of fused-ring (bicyclic) bond motifs is 10. The first kappa shape index (κ1) is 40.2. The van der Waals surface area contributed by atoms with Crippen LogP contribution in [-0.4, -0.2) is 20.7 Å². The SMILES string of the molecule is CCC1C(c2cc(-n3c4ccc(-c5ccccc5)cc4c4cc5c6c7ccccc7ccc6n(-c6ccc7ccccc7c6)c5cc43)c3ccccc3c2)=NC(c2ccccc2)=NC1c1ccccc1. The molecule has 0 N–H and O–H groups in total. The van der Waals surface area contributed by atoms with Gasteiger partial charge in [0.25, 0.3) is 0 Å². The molecule has 330 valence electrons. The van der Waals surface area contributed by atoms with Crippen LogP contribution in [0.4, 0.5) is 0 Å². The summed E-state index contributed by atoms with van der Waals surface area (Å²) in [5, 5.41) is 12.2. The first-order valence-corrected chi connectivity index (χ1v) is 24.5. The minimum atomic E-state index is -0.0881. The molecule has 0 radical (unpaired) electrons. The van der Waals surface area contributed by atoms with E-state index in [0.717, 1.165) is 51.5 Å². The molecule has 14 rings (SSSR count). The predicted octanol–water partition coefficient (Wildman–Crippen LogP) is 17.0. The molecule has 0 spiro atoms. The summed E-state index contributed by atoms with van der Waals surface area (Å²) >= 11 is 0. The van der Waals surface area contributed by atoms with Gasteiger partial charge < -0.3 is 9.13 Å². The number of aliphatic imine (C=N–C) groups is 2. The molecule has 0 fully saturated rings. The molecule has 70 heavy (non-hydrogen) atoms. The highest BCUT2D eigenvalue weighted by molar-refractivity contribution is 6.26. The fraction of sp³-hybridized carbons (Fsp3) is 0.0606. The molecule has 0 aliphatic carbocycles. The summed E-state index contributed by atoms with van der Waals surface area (Å²) in [5.41, 5.74) is 13.7. The highest BCUT2D eigenvalue weighted by Crippen LogP contribution is 2.45. The zero-order valence-electron chi connectivity index (χ0n) is 38.7. The monoisotopic (exact) mass is 894 g/mol. The molecule has 0 amide bonds. The third-order valence-corrected chi connectivity index (χ3v) is 14.8. The first-order chi connectivity index (χ1) is 34.7. The van der Waals surface area contributed by atoms with E-state index >= 15 is 0 Å². The maximum atomic E-state index is 5.56. The summed E-state index contributed by atoms with van der Waals surface area (Å²) in [4.78, 5) is 11.0. The molecule has 0 saturated heterocycles. The number of nitrogens with zero attached hydrogens (tertiary/aromatic N) is 4. The molecule has 1 aliphatic rings. The van der Waals surface area contributed by atoms with Gasteiger partial charge in [0.05, 0.1) is 39.5 Å². The van der Waals surface area contributed by atoms with Gasteiger partial charge in [0, 0.05) is 44.1 Å². The van der Waals surface area contributed by atoms with E-state index in [0.29, 0.717) is 0 Å². The minimum absolute atomic E-state index is 0.0579. The van der Waals surface area contributed by atoms with E-state index in [2.05, 4.69) is 253 Å². The molecule has 2 unspecified atom stereocenters. The van der Waals surface area contributed by atoms with Gasteiger partial charge in [0.2, 0.25) is 0 Å². The zero-order chi connectivity index (χ0) is 46.3. The molecule has 0 saturated carbocycles. The molecule has 4 heteroatoms. The Morgan fingerprint density at radius 3 is 1.80 bits per heavy atom. The Balaban J connectivity index is 1.09. The lowest BCUT2D eigenvalue weighted by atomic mass is 9.82. The number of rotatable bonds is 7. The molecular formula is C66H46N4. The van der Waals surface area contributed by atoms with E-state index in [9.17, 15) is 0 Å². The van der Waals surface area contributed by atoms with E-state index < -0.39 is 0 Å². The smallest absolute Gasteiger partial charge is 0.155 e. The summed E-state index contributed by atoms with van der Waals surface area (Å²) < 4.78 is 5.03. The Morgan fingerprint density at radius 2 is 1.01 bits per heavy atom. The second-order valence-electron chi connectivity index (χ2n) is 18.8. The van der Waals surface area contributed by atoms with Gasteiger partial charge in [-0.15, -0.1) is 0 Å². The average Bonchev–Trinajstić information content (AvgIpc) is 3.94. The maximum Gasteiger partial charge on any atom is 0.155 e. The zero-order valence-corrected chi connectivity index (χ0v) is 38.7. The van der Waals surface area contributed by atoms with Crippen LogP contribution in [0.2, 0.25) is 0 Å². The van der Waals surface area contributed by atoms with Crippen LogP contribution in [-0.2, 0) is 0 Å². The third kappa shape index (κ3) is 6.37. The Bertz CT molecular complexity index is 4270. The molecule has 2 aromatic heterocycles. The van der Waals surface area contributed by atoms with E-state index in [1.165, 1.54) is 81.6 Å². The van der Waals surface area contributed by atoms with Crippen molar-refractivity contribution in [1.82, 2.24) is 9.13 Å². The van der Waals surface area contributed by atoms with Gasteiger partial charge in [-0.3, -0.25) is 4.99 Å². The molecule has 4 nitrogen and oxygen atoms in total. The number of aromatic nitrogens is 2. The standard InChI is InChI=1S/C66H46N4/c1-2-52-64(45-22-8-4-9-23-45)67-66(46-24-10-5-11-25-46)68-65(52)50-36-49-27-15-16-28-53(49)60(39-50)70-58-34-32-48(42-18-6-3-7-19-42)38-55(58)56-40-57-62(41-61(56)70)69(51-33-30-43-20-12-13-26-47(43)37-51)59-35-31-44-21-14-17-29-54(44)63(57)59/h3-41,52,64H,2H2,1H3. The predicted molar refractivity (Wildman–Crippen MR) is 296 cm³/mol. The van der Waals surface area contributed by atoms with Crippen LogP contribution in [0.5, 0.6) is 0 Å². The van der Waals surface area contributed by atoms with Crippen molar-refractivity contribution in [3.05, 3.63) is 253 Å². The lowest BCUT2D eigenvalue weighted by Gasteiger charge is -2.30.